The largest absolute Gasteiger partial charge is 0.330 e. The van der Waals surface area contributed by atoms with E-state index in [9.17, 15) is 0 Å². The van der Waals surface area contributed by atoms with E-state index in [4.69, 9.17) is 5.73 Å². The number of pyridine rings is 1. The molecule has 0 atom stereocenters. The maximum Gasteiger partial charge on any atom is 0.181 e. The lowest BCUT2D eigenvalue weighted by atomic mass is 10.2. The Hall–Kier alpha value is -1.75. The molecular weight excluding hydrogens is 190 g/mol. The Bertz CT molecular complexity index is 449. The number of nitrogens with zero attached hydrogens (tertiary/aromatic N) is 4. The van der Waals surface area contributed by atoms with Gasteiger partial charge in [0.2, 0.25) is 0 Å². The molecule has 0 fully saturated rings. The van der Waals surface area contributed by atoms with E-state index < -0.39 is 0 Å². The first kappa shape index (κ1) is 9.79. The number of aromatic nitrogens is 4. The molecule has 0 aliphatic carbocycles. The summed E-state index contributed by atoms with van der Waals surface area (Å²) in [6, 6.07) is 3.87. The first-order valence-electron chi connectivity index (χ1n) is 4.80. The smallest absolute Gasteiger partial charge is 0.181 e. The Balaban J connectivity index is 2.32. The predicted octanol–water partition coefficient (Wildman–Crippen LogP) is 0.378. The first-order valence-corrected chi connectivity index (χ1v) is 4.80. The third kappa shape index (κ3) is 2.19. The Morgan fingerprint density at radius 1 is 1.40 bits per heavy atom. The average Bonchev–Trinajstić information content (AvgIpc) is 2.66. The van der Waals surface area contributed by atoms with Gasteiger partial charge in [-0.2, -0.15) is 5.10 Å². The van der Waals surface area contributed by atoms with Crippen molar-refractivity contribution in [2.75, 3.05) is 6.54 Å². The second kappa shape index (κ2) is 4.18. The number of hydrogen-bond donors (Lipinski definition) is 1. The van der Waals surface area contributed by atoms with Crippen LogP contribution in [-0.2, 0) is 13.5 Å². The molecule has 5 heteroatoms. The Morgan fingerprint density at radius 3 is 2.93 bits per heavy atom. The molecule has 0 amide bonds. The number of rotatable bonds is 3. The van der Waals surface area contributed by atoms with E-state index in [1.807, 2.05) is 19.2 Å². The van der Waals surface area contributed by atoms with Gasteiger partial charge >= 0.3 is 0 Å². The lowest BCUT2D eigenvalue weighted by Gasteiger charge is -1.99. The normalized spacial score (nSPS) is 10.5. The highest BCUT2D eigenvalue weighted by Crippen LogP contribution is 2.14. The summed E-state index contributed by atoms with van der Waals surface area (Å²) in [5.41, 5.74) is 7.43. The van der Waals surface area contributed by atoms with Crippen LogP contribution in [0.1, 0.15) is 5.69 Å². The van der Waals surface area contributed by atoms with Crippen molar-refractivity contribution in [2.24, 2.45) is 12.8 Å². The van der Waals surface area contributed by atoms with E-state index >= 15 is 0 Å². The zero-order valence-electron chi connectivity index (χ0n) is 8.59. The molecule has 2 aromatic rings. The summed E-state index contributed by atoms with van der Waals surface area (Å²) < 4.78 is 1.68. The van der Waals surface area contributed by atoms with Gasteiger partial charge in [0.1, 0.15) is 6.33 Å². The highest BCUT2D eigenvalue weighted by molar-refractivity contribution is 5.53. The van der Waals surface area contributed by atoms with Crippen molar-refractivity contribution < 1.29 is 0 Å². The van der Waals surface area contributed by atoms with Crippen LogP contribution in [0.4, 0.5) is 0 Å². The van der Waals surface area contributed by atoms with E-state index in [0.29, 0.717) is 6.54 Å². The zero-order valence-corrected chi connectivity index (χ0v) is 8.59. The number of aryl methyl sites for hydroxylation is 1. The van der Waals surface area contributed by atoms with Crippen LogP contribution >= 0.6 is 0 Å². The minimum atomic E-state index is 0.603. The van der Waals surface area contributed by atoms with Crippen LogP contribution in [0.3, 0.4) is 0 Å². The predicted molar refractivity (Wildman–Crippen MR) is 57.0 cm³/mol. The molecule has 2 heterocycles. The van der Waals surface area contributed by atoms with Gasteiger partial charge in [-0.3, -0.25) is 9.67 Å². The van der Waals surface area contributed by atoms with Crippen LogP contribution in [-0.4, -0.2) is 26.3 Å². The summed E-state index contributed by atoms with van der Waals surface area (Å²) in [5.74, 6) is 0.721. The van der Waals surface area contributed by atoms with Crippen molar-refractivity contribution in [1.82, 2.24) is 19.7 Å². The summed E-state index contributed by atoms with van der Waals surface area (Å²) in [4.78, 5) is 8.40. The fraction of sp³-hybridized carbons (Fsp3) is 0.300. The van der Waals surface area contributed by atoms with Gasteiger partial charge in [-0.15, -0.1) is 0 Å². The van der Waals surface area contributed by atoms with E-state index in [-0.39, 0.29) is 0 Å². The van der Waals surface area contributed by atoms with Gasteiger partial charge < -0.3 is 5.73 Å². The molecule has 2 rings (SSSR count). The van der Waals surface area contributed by atoms with Gasteiger partial charge in [-0.25, -0.2) is 4.98 Å². The molecule has 0 unspecified atom stereocenters. The minimum Gasteiger partial charge on any atom is -0.330 e. The topological polar surface area (TPSA) is 69.6 Å². The third-order valence-electron chi connectivity index (χ3n) is 2.07. The van der Waals surface area contributed by atoms with Gasteiger partial charge in [-0.05, 0) is 18.7 Å². The average molecular weight is 203 g/mol. The van der Waals surface area contributed by atoms with E-state index in [0.717, 1.165) is 23.5 Å². The molecule has 0 spiro atoms. The first-order chi connectivity index (χ1) is 7.29. The van der Waals surface area contributed by atoms with Crippen LogP contribution in [0.2, 0.25) is 0 Å². The highest BCUT2D eigenvalue weighted by Gasteiger charge is 2.03. The van der Waals surface area contributed by atoms with Gasteiger partial charge in [0.25, 0.3) is 0 Å². The number of nitrogens with two attached hydrogens (primary N) is 1. The summed E-state index contributed by atoms with van der Waals surface area (Å²) in [7, 11) is 1.85. The zero-order chi connectivity index (χ0) is 10.7. The third-order valence-corrected chi connectivity index (χ3v) is 2.07. The molecule has 0 aliphatic heterocycles. The van der Waals surface area contributed by atoms with Crippen molar-refractivity contribution >= 4 is 0 Å². The molecule has 0 saturated carbocycles. The van der Waals surface area contributed by atoms with Crippen molar-refractivity contribution in [3.05, 3.63) is 30.4 Å². The van der Waals surface area contributed by atoms with E-state index in [2.05, 4.69) is 15.1 Å². The maximum absolute atomic E-state index is 5.48. The van der Waals surface area contributed by atoms with Crippen molar-refractivity contribution in [2.45, 2.75) is 6.42 Å². The monoisotopic (exact) mass is 203 g/mol. The maximum atomic E-state index is 5.48. The Labute approximate surface area is 88.0 Å². The molecule has 0 radical (unpaired) electrons. The van der Waals surface area contributed by atoms with Gasteiger partial charge in [0.05, 0.1) is 0 Å². The molecule has 78 valence electrons. The standard InChI is InChI=1S/C10H13N5/c1-15-7-13-10(14-15)8-3-5-12-9(6-8)2-4-11/h3,5-7H,2,4,11H2,1H3. The van der Waals surface area contributed by atoms with Crippen molar-refractivity contribution in [3.8, 4) is 11.4 Å². The summed E-state index contributed by atoms with van der Waals surface area (Å²) in [6.07, 6.45) is 4.22. The lowest BCUT2D eigenvalue weighted by Crippen LogP contribution is -2.04. The van der Waals surface area contributed by atoms with Crippen LogP contribution in [0.25, 0.3) is 11.4 Å². The van der Waals surface area contributed by atoms with Crippen molar-refractivity contribution in [1.29, 1.82) is 0 Å². The SMILES string of the molecule is Cn1cnc(-c2ccnc(CCN)c2)n1. The van der Waals surface area contributed by atoms with E-state index in [1.165, 1.54) is 0 Å². The van der Waals surface area contributed by atoms with Crippen LogP contribution in [0, 0.1) is 0 Å². The summed E-state index contributed by atoms with van der Waals surface area (Å²) in [6.45, 7) is 0.603. The van der Waals surface area contributed by atoms with Crippen LogP contribution in [0.15, 0.2) is 24.7 Å². The molecule has 2 N–H and O–H groups in total. The van der Waals surface area contributed by atoms with E-state index in [1.54, 1.807) is 17.2 Å². The van der Waals surface area contributed by atoms with Gasteiger partial charge in [-0.1, -0.05) is 0 Å². The molecule has 2 aromatic heterocycles. The molecule has 5 nitrogen and oxygen atoms in total. The minimum absolute atomic E-state index is 0.603. The van der Waals surface area contributed by atoms with Gasteiger partial charge in [0.15, 0.2) is 5.82 Å². The molecule has 0 aliphatic rings. The second-order valence-electron chi connectivity index (χ2n) is 3.32. The lowest BCUT2D eigenvalue weighted by molar-refractivity contribution is 0.768. The molecule has 0 saturated heterocycles. The van der Waals surface area contributed by atoms with Crippen LogP contribution < -0.4 is 5.73 Å². The second-order valence-corrected chi connectivity index (χ2v) is 3.32. The Kier molecular flexibility index (Phi) is 2.73. The number of hydrogen-bond acceptors (Lipinski definition) is 4. The fourth-order valence-corrected chi connectivity index (χ4v) is 1.37. The molecule has 0 aromatic carbocycles. The highest BCUT2D eigenvalue weighted by atomic mass is 15.3. The molecule has 15 heavy (non-hydrogen) atoms. The molecule has 0 bridgehead atoms. The van der Waals surface area contributed by atoms with Crippen molar-refractivity contribution in [3.63, 3.8) is 0 Å². The summed E-state index contributed by atoms with van der Waals surface area (Å²) in [5, 5.41) is 4.23. The fourth-order valence-electron chi connectivity index (χ4n) is 1.37. The van der Waals surface area contributed by atoms with Crippen LogP contribution in [0.5, 0.6) is 0 Å². The quantitative estimate of drug-likeness (QED) is 0.782. The summed E-state index contributed by atoms with van der Waals surface area (Å²) >= 11 is 0. The Morgan fingerprint density at radius 2 is 2.27 bits per heavy atom. The molecular formula is C10H13N5. The van der Waals surface area contributed by atoms with Gasteiger partial charge in [0, 0.05) is 30.9 Å².